The summed E-state index contributed by atoms with van der Waals surface area (Å²) < 4.78 is 12.0. The zero-order chi connectivity index (χ0) is 15.2. The fourth-order valence-corrected chi connectivity index (χ4v) is 2.32. The Bertz CT molecular complexity index is 614. The maximum absolute atomic E-state index is 5.52. The summed E-state index contributed by atoms with van der Waals surface area (Å²) in [7, 11) is 1.65. The van der Waals surface area contributed by atoms with Crippen LogP contribution in [0.3, 0.4) is 0 Å². The smallest absolute Gasteiger partial charge is 0.162 e. The third-order valence-corrected chi connectivity index (χ3v) is 4.07. The summed E-state index contributed by atoms with van der Waals surface area (Å²) in [6, 6.07) is 12.2. The predicted molar refractivity (Wildman–Crippen MR) is 90.4 cm³/mol. The van der Waals surface area contributed by atoms with E-state index in [1.54, 1.807) is 7.11 Å². The van der Waals surface area contributed by atoms with Crippen molar-refractivity contribution in [1.29, 1.82) is 0 Å². The summed E-state index contributed by atoms with van der Waals surface area (Å²) >= 11 is 3.52. The van der Waals surface area contributed by atoms with Gasteiger partial charge in [0.15, 0.2) is 11.5 Å². The number of hydrogen-bond donors (Lipinski definition) is 1. The van der Waals surface area contributed by atoms with Gasteiger partial charge in [-0.15, -0.1) is 0 Å². The predicted octanol–water partition coefficient (Wildman–Crippen LogP) is 4.78. The van der Waals surface area contributed by atoms with Crippen LogP contribution in [0.4, 0.5) is 5.69 Å². The van der Waals surface area contributed by atoms with Gasteiger partial charge in [0.1, 0.15) is 0 Å². The van der Waals surface area contributed by atoms with E-state index < -0.39 is 0 Å². The Morgan fingerprint density at radius 3 is 2.57 bits per heavy atom. The van der Waals surface area contributed by atoms with Gasteiger partial charge in [0.05, 0.1) is 13.7 Å². The highest BCUT2D eigenvalue weighted by molar-refractivity contribution is 9.10. The largest absolute Gasteiger partial charge is 0.493 e. The van der Waals surface area contributed by atoms with E-state index in [4.69, 9.17) is 9.47 Å². The van der Waals surface area contributed by atoms with Gasteiger partial charge in [-0.3, -0.25) is 0 Å². The third-order valence-electron chi connectivity index (χ3n) is 3.18. The van der Waals surface area contributed by atoms with E-state index in [0.29, 0.717) is 6.61 Å². The fourth-order valence-electron chi connectivity index (χ4n) is 2.07. The molecule has 0 bridgehead atoms. The first-order chi connectivity index (χ1) is 10.1. The Balaban J connectivity index is 2.07. The first kappa shape index (κ1) is 15.7. The summed E-state index contributed by atoms with van der Waals surface area (Å²) in [5.41, 5.74) is 3.48. The first-order valence-electron chi connectivity index (χ1n) is 6.93. The van der Waals surface area contributed by atoms with Crippen LogP contribution in [-0.4, -0.2) is 13.7 Å². The molecule has 1 N–H and O–H groups in total. The molecule has 0 heterocycles. The Labute approximate surface area is 134 Å². The molecule has 0 saturated heterocycles. The number of nitrogens with one attached hydrogen (secondary N) is 1. The van der Waals surface area contributed by atoms with E-state index in [2.05, 4.69) is 46.4 Å². The summed E-state index contributed by atoms with van der Waals surface area (Å²) in [5.74, 6) is 1.51. The SMILES string of the molecule is CCOc1ccc(NCc2ccc(Br)c(C)c2)cc1OC. The van der Waals surface area contributed by atoms with Crippen LogP contribution in [0.1, 0.15) is 18.1 Å². The van der Waals surface area contributed by atoms with Crippen LogP contribution in [0, 0.1) is 6.92 Å². The second-order valence-corrected chi connectivity index (χ2v) is 5.59. The molecule has 2 aromatic carbocycles. The number of ether oxygens (including phenoxy) is 2. The maximum atomic E-state index is 5.52. The summed E-state index contributed by atoms with van der Waals surface area (Å²) in [4.78, 5) is 0. The van der Waals surface area contributed by atoms with Crippen LogP contribution < -0.4 is 14.8 Å². The van der Waals surface area contributed by atoms with Gasteiger partial charge in [-0.2, -0.15) is 0 Å². The lowest BCUT2D eigenvalue weighted by Crippen LogP contribution is -2.01. The molecule has 0 aromatic heterocycles. The average Bonchev–Trinajstić information content (AvgIpc) is 2.49. The van der Waals surface area contributed by atoms with Crippen LogP contribution in [0.25, 0.3) is 0 Å². The minimum Gasteiger partial charge on any atom is -0.493 e. The molecule has 112 valence electrons. The lowest BCUT2D eigenvalue weighted by Gasteiger charge is -2.12. The van der Waals surface area contributed by atoms with E-state index in [9.17, 15) is 0 Å². The molecule has 2 rings (SSSR count). The number of methoxy groups -OCH3 is 1. The van der Waals surface area contributed by atoms with E-state index >= 15 is 0 Å². The van der Waals surface area contributed by atoms with Crippen LogP contribution in [0.5, 0.6) is 11.5 Å². The third kappa shape index (κ3) is 4.14. The Kier molecular flexibility index (Phi) is 5.51. The summed E-state index contributed by atoms with van der Waals surface area (Å²) in [6.07, 6.45) is 0. The molecule has 3 nitrogen and oxygen atoms in total. The van der Waals surface area contributed by atoms with E-state index in [-0.39, 0.29) is 0 Å². The van der Waals surface area contributed by atoms with Gasteiger partial charge in [0.25, 0.3) is 0 Å². The van der Waals surface area contributed by atoms with Crippen LogP contribution >= 0.6 is 15.9 Å². The van der Waals surface area contributed by atoms with Gasteiger partial charge < -0.3 is 14.8 Å². The fraction of sp³-hybridized carbons (Fsp3) is 0.294. The highest BCUT2D eigenvalue weighted by Gasteiger charge is 2.05. The van der Waals surface area contributed by atoms with Crippen molar-refractivity contribution in [2.75, 3.05) is 19.0 Å². The van der Waals surface area contributed by atoms with Crippen molar-refractivity contribution in [1.82, 2.24) is 0 Å². The van der Waals surface area contributed by atoms with Crippen LogP contribution in [0.15, 0.2) is 40.9 Å². The van der Waals surface area contributed by atoms with Gasteiger partial charge in [-0.25, -0.2) is 0 Å². The first-order valence-corrected chi connectivity index (χ1v) is 7.73. The molecule has 4 heteroatoms. The molecule has 0 unspecified atom stereocenters. The second-order valence-electron chi connectivity index (χ2n) is 4.74. The molecular weight excluding hydrogens is 330 g/mol. The molecule has 0 saturated carbocycles. The molecule has 0 aliphatic heterocycles. The van der Waals surface area contributed by atoms with Gasteiger partial charge >= 0.3 is 0 Å². The number of benzene rings is 2. The molecule has 0 amide bonds. The normalized spacial score (nSPS) is 10.3. The van der Waals surface area contributed by atoms with Crippen molar-refractivity contribution >= 4 is 21.6 Å². The number of anilines is 1. The van der Waals surface area contributed by atoms with E-state index in [1.807, 2.05) is 25.1 Å². The molecule has 0 fully saturated rings. The maximum Gasteiger partial charge on any atom is 0.162 e. The number of aryl methyl sites for hydroxylation is 1. The van der Waals surface area contributed by atoms with E-state index in [1.165, 1.54) is 11.1 Å². The quantitative estimate of drug-likeness (QED) is 0.814. The Hall–Kier alpha value is -1.68. The molecule has 0 aliphatic carbocycles. The average molecular weight is 350 g/mol. The molecular formula is C17H20BrNO2. The molecule has 0 atom stereocenters. The van der Waals surface area contributed by atoms with Crippen molar-refractivity contribution in [2.45, 2.75) is 20.4 Å². The Morgan fingerprint density at radius 1 is 1.10 bits per heavy atom. The van der Waals surface area contributed by atoms with E-state index in [0.717, 1.165) is 28.2 Å². The van der Waals surface area contributed by atoms with Crippen molar-refractivity contribution in [3.8, 4) is 11.5 Å². The van der Waals surface area contributed by atoms with Crippen LogP contribution in [0.2, 0.25) is 0 Å². The van der Waals surface area contributed by atoms with Crippen molar-refractivity contribution < 1.29 is 9.47 Å². The number of rotatable bonds is 6. The highest BCUT2D eigenvalue weighted by atomic mass is 79.9. The Morgan fingerprint density at radius 2 is 1.90 bits per heavy atom. The highest BCUT2D eigenvalue weighted by Crippen LogP contribution is 2.30. The van der Waals surface area contributed by atoms with Gasteiger partial charge in [0.2, 0.25) is 0 Å². The zero-order valence-electron chi connectivity index (χ0n) is 12.6. The molecule has 2 aromatic rings. The number of halogens is 1. The summed E-state index contributed by atoms with van der Waals surface area (Å²) in [5, 5.41) is 3.40. The lowest BCUT2D eigenvalue weighted by atomic mass is 10.1. The van der Waals surface area contributed by atoms with Crippen molar-refractivity contribution in [3.63, 3.8) is 0 Å². The monoisotopic (exact) mass is 349 g/mol. The van der Waals surface area contributed by atoms with Gasteiger partial charge in [0, 0.05) is 22.8 Å². The zero-order valence-corrected chi connectivity index (χ0v) is 14.2. The van der Waals surface area contributed by atoms with Gasteiger partial charge in [-0.05, 0) is 43.2 Å². The molecule has 0 radical (unpaired) electrons. The summed E-state index contributed by atoms with van der Waals surface area (Å²) in [6.45, 7) is 5.45. The van der Waals surface area contributed by atoms with Gasteiger partial charge in [-0.1, -0.05) is 28.1 Å². The molecule has 0 aliphatic rings. The molecule has 0 spiro atoms. The molecule has 21 heavy (non-hydrogen) atoms. The van der Waals surface area contributed by atoms with Crippen molar-refractivity contribution in [2.24, 2.45) is 0 Å². The minimum absolute atomic E-state index is 0.626. The topological polar surface area (TPSA) is 30.5 Å². The lowest BCUT2D eigenvalue weighted by molar-refractivity contribution is 0.311. The minimum atomic E-state index is 0.626. The van der Waals surface area contributed by atoms with Crippen molar-refractivity contribution in [3.05, 3.63) is 52.0 Å². The van der Waals surface area contributed by atoms with Crippen LogP contribution in [-0.2, 0) is 6.54 Å². The second kappa shape index (κ2) is 7.36. The number of hydrogen-bond acceptors (Lipinski definition) is 3. The standard InChI is InChI=1S/C17H20BrNO2/c1-4-21-16-8-6-14(10-17(16)20-3)19-11-13-5-7-15(18)12(2)9-13/h5-10,19H,4,11H2,1-3H3.